The Morgan fingerprint density at radius 1 is 0.571 bits per heavy atom. The lowest BCUT2D eigenvalue weighted by Crippen LogP contribution is -2.29. The predicted molar refractivity (Wildman–Crippen MR) is 202 cm³/mol. The predicted octanol–water partition coefficient (Wildman–Crippen LogP) is 5.45. The van der Waals surface area contributed by atoms with Gasteiger partial charge in [-0.25, -0.2) is 9.36 Å². The fourth-order valence-corrected chi connectivity index (χ4v) is 7.48. The number of rotatable bonds is 8. The zero-order valence-corrected chi connectivity index (χ0v) is 31.0. The summed E-state index contributed by atoms with van der Waals surface area (Å²) in [6, 6.07) is 22.9. The first-order valence-corrected chi connectivity index (χ1v) is 18.1. The van der Waals surface area contributed by atoms with Gasteiger partial charge in [-0.3, -0.25) is 28.8 Å². The lowest BCUT2D eigenvalue weighted by atomic mass is 9.92. The van der Waals surface area contributed by atoms with Crippen LogP contribution in [0.15, 0.2) is 96.4 Å². The lowest BCUT2D eigenvalue weighted by molar-refractivity contribution is -0.118. The monoisotopic (exact) mass is 752 g/mol. The number of benzene rings is 3. The van der Waals surface area contributed by atoms with Crippen molar-refractivity contribution in [2.45, 2.75) is 40.5 Å². The minimum absolute atomic E-state index is 0.00204. The topological polar surface area (TPSA) is 163 Å². The van der Waals surface area contributed by atoms with E-state index in [0.717, 1.165) is 0 Å². The number of ether oxygens (including phenoxy) is 2. The summed E-state index contributed by atoms with van der Waals surface area (Å²) >= 11 is 0. The molecule has 8 rings (SSSR count). The molecule has 2 aromatic heterocycles. The highest BCUT2D eigenvalue weighted by molar-refractivity contribution is 6.25. The molecule has 3 aliphatic rings. The molecular weight excluding hydrogens is 716 g/mol. The number of hydrogen-bond acceptors (Lipinski definition) is 10. The van der Waals surface area contributed by atoms with Gasteiger partial charge in [0.25, 0.3) is 11.8 Å². The van der Waals surface area contributed by atoms with E-state index < -0.39 is 23.4 Å². The van der Waals surface area contributed by atoms with Crippen LogP contribution in [0.2, 0.25) is 0 Å². The summed E-state index contributed by atoms with van der Waals surface area (Å²) in [6.07, 6.45) is -0.00409. The molecule has 3 aromatic carbocycles. The zero-order chi connectivity index (χ0) is 39.4. The standard InChI is InChI=1S/C42H36N6O8/c1-23-15-25(3)47(43-23)41(53)27-17-35(49)45(21-27)29-9-7-11-31(19-29)55-39-37(51)33-13-5-6-14-34(33)38(52)40(39)56-32-12-8-10-30(20-32)46-22-28(18-36(46)50)42(54)48-26(4)16-24(2)44-48/h5-16,19-20,27-28H,17-18,21-22H2,1-4H3. The average molecular weight is 753 g/mol. The van der Waals surface area contributed by atoms with Crippen molar-refractivity contribution < 1.29 is 38.2 Å². The summed E-state index contributed by atoms with van der Waals surface area (Å²) in [5, 5.41) is 8.56. The Labute approximate surface area is 320 Å². The molecule has 282 valence electrons. The molecule has 0 bridgehead atoms. The average Bonchev–Trinajstić information content (AvgIpc) is 3.95. The Morgan fingerprint density at radius 2 is 0.982 bits per heavy atom. The van der Waals surface area contributed by atoms with E-state index in [1.165, 1.54) is 31.3 Å². The Kier molecular flexibility index (Phi) is 9.03. The van der Waals surface area contributed by atoms with Crippen LogP contribution in [0.25, 0.3) is 0 Å². The number of ketones is 2. The minimum atomic E-state index is -0.621. The van der Waals surface area contributed by atoms with Crippen molar-refractivity contribution in [1.82, 2.24) is 19.6 Å². The van der Waals surface area contributed by atoms with Crippen molar-refractivity contribution in [3.63, 3.8) is 0 Å². The van der Waals surface area contributed by atoms with E-state index >= 15 is 0 Å². The molecule has 5 aromatic rings. The molecule has 2 fully saturated rings. The largest absolute Gasteiger partial charge is 0.449 e. The molecule has 0 radical (unpaired) electrons. The molecule has 2 unspecified atom stereocenters. The van der Waals surface area contributed by atoms with E-state index in [4.69, 9.17) is 9.47 Å². The lowest BCUT2D eigenvalue weighted by Gasteiger charge is -2.23. The Bertz CT molecular complexity index is 2370. The Morgan fingerprint density at radius 3 is 1.36 bits per heavy atom. The van der Waals surface area contributed by atoms with Gasteiger partial charge >= 0.3 is 0 Å². The molecule has 0 N–H and O–H groups in total. The van der Waals surface area contributed by atoms with Crippen molar-refractivity contribution in [2.75, 3.05) is 22.9 Å². The first-order valence-electron chi connectivity index (χ1n) is 18.1. The summed E-state index contributed by atoms with van der Waals surface area (Å²) in [5.41, 5.74) is 3.90. The van der Waals surface area contributed by atoms with Gasteiger partial charge in [-0.1, -0.05) is 36.4 Å². The van der Waals surface area contributed by atoms with Crippen molar-refractivity contribution in [1.29, 1.82) is 0 Å². The van der Waals surface area contributed by atoms with Crippen molar-refractivity contribution in [3.8, 4) is 11.5 Å². The number of amides is 2. The number of allylic oxidation sites excluding steroid dienone is 2. The van der Waals surface area contributed by atoms with Gasteiger partial charge in [0.15, 0.2) is 0 Å². The first-order chi connectivity index (χ1) is 26.9. The van der Waals surface area contributed by atoms with E-state index in [1.807, 2.05) is 0 Å². The van der Waals surface area contributed by atoms with Gasteiger partial charge in [0.2, 0.25) is 34.9 Å². The molecule has 14 heteroatoms. The van der Waals surface area contributed by atoms with Gasteiger partial charge < -0.3 is 19.3 Å². The van der Waals surface area contributed by atoms with E-state index in [9.17, 15) is 28.8 Å². The summed E-state index contributed by atoms with van der Waals surface area (Å²) < 4.78 is 15.0. The highest BCUT2D eigenvalue weighted by atomic mass is 16.5. The second kappa shape index (κ2) is 14.0. The number of hydrogen-bond donors (Lipinski definition) is 0. The maximum Gasteiger partial charge on any atom is 0.252 e. The molecule has 0 spiro atoms. The second-order valence-electron chi connectivity index (χ2n) is 14.2. The van der Waals surface area contributed by atoms with E-state index in [0.29, 0.717) is 34.2 Å². The van der Waals surface area contributed by atoms with E-state index in [1.54, 1.807) is 100 Å². The van der Waals surface area contributed by atoms with Crippen molar-refractivity contribution >= 4 is 46.6 Å². The van der Waals surface area contributed by atoms with Crippen LogP contribution >= 0.6 is 0 Å². The van der Waals surface area contributed by atoms with Gasteiger partial charge in [0.1, 0.15) is 11.5 Å². The number of anilines is 2. The smallest absolute Gasteiger partial charge is 0.252 e. The summed E-state index contributed by atoms with van der Waals surface area (Å²) in [7, 11) is 0. The molecule has 4 heterocycles. The van der Waals surface area contributed by atoms with Crippen LogP contribution in [0, 0.1) is 39.5 Å². The van der Waals surface area contributed by atoms with Crippen LogP contribution in [-0.4, -0.2) is 67.8 Å². The number of aromatic nitrogens is 4. The maximum atomic E-state index is 14.0. The van der Waals surface area contributed by atoms with Crippen LogP contribution in [0.3, 0.4) is 0 Å². The molecule has 2 amide bonds. The number of carbonyl (C=O) groups is 6. The third-order valence-corrected chi connectivity index (χ3v) is 10.1. The van der Waals surface area contributed by atoms with Gasteiger partial charge in [0, 0.05) is 72.0 Å². The van der Waals surface area contributed by atoms with Gasteiger partial charge in [-0.05, 0) is 64.1 Å². The Balaban J connectivity index is 1.06. The highest BCUT2D eigenvalue weighted by Gasteiger charge is 2.40. The number of nitrogens with zero attached hydrogens (tertiary/aromatic N) is 6. The normalized spacial score (nSPS) is 18.2. The van der Waals surface area contributed by atoms with Crippen LogP contribution in [0.5, 0.6) is 11.5 Å². The molecule has 1 aliphatic carbocycles. The van der Waals surface area contributed by atoms with Gasteiger partial charge in [-0.2, -0.15) is 10.2 Å². The summed E-state index contributed by atoms with van der Waals surface area (Å²) in [6.45, 7) is 7.39. The number of fused-ring (bicyclic) bond motifs is 1. The summed E-state index contributed by atoms with van der Waals surface area (Å²) in [5.74, 6) is -3.94. The molecule has 56 heavy (non-hydrogen) atoms. The van der Waals surface area contributed by atoms with Crippen molar-refractivity contribution in [3.05, 3.63) is 130 Å². The van der Waals surface area contributed by atoms with Gasteiger partial charge in [-0.15, -0.1) is 0 Å². The van der Waals surface area contributed by atoms with Crippen molar-refractivity contribution in [2.24, 2.45) is 11.8 Å². The zero-order valence-electron chi connectivity index (χ0n) is 31.0. The second-order valence-corrected chi connectivity index (χ2v) is 14.2. The maximum absolute atomic E-state index is 14.0. The molecule has 2 aliphatic heterocycles. The Hall–Kier alpha value is -6.96. The minimum Gasteiger partial charge on any atom is -0.449 e. The first kappa shape index (κ1) is 36.0. The molecule has 2 atom stereocenters. The van der Waals surface area contributed by atoms with Crippen LogP contribution in [0.4, 0.5) is 11.4 Å². The molecule has 2 saturated heterocycles. The fourth-order valence-electron chi connectivity index (χ4n) is 7.48. The molecule has 0 saturated carbocycles. The van der Waals surface area contributed by atoms with Crippen LogP contribution in [-0.2, 0) is 9.59 Å². The number of Topliss-reactive ketones (excluding diaryl/α,β-unsaturated/α-hetero) is 2. The fraction of sp³-hybridized carbons (Fsp3) is 0.238. The number of aryl methyl sites for hydroxylation is 4. The van der Waals surface area contributed by atoms with E-state index in [-0.39, 0.29) is 83.7 Å². The third-order valence-electron chi connectivity index (χ3n) is 10.1. The third kappa shape index (κ3) is 6.48. The SMILES string of the molecule is Cc1cc(C)n(C(=O)C2CC(=O)N(c3cccc(OC4=C(Oc5cccc(N6CC(C(=O)n7nc(C)cc7C)CC6=O)c5)C(=O)c5ccccc5C4=O)c3)C2)n1. The quantitative estimate of drug-likeness (QED) is 0.199. The van der Waals surface area contributed by atoms with Crippen LogP contribution in [0.1, 0.15) is 65.9 Å². The van der Waals surface area contributed by atoms with E-state index in [2.05, 4.69) is 10.2 Å². The van der Waals surface area contributed by atoms with Gasteiger partial charge in [0.05, 0.1) is 23.2 Å². The number of carbonyl (C=O) groups excluding carboxylic acids is 6. The molecule has 14 nitrogen and oxygen atoms in total. The molecular formula is C42H36N6O8. The summed E-state index contributed by atoms with van der Waals surface area (Å²) in [4.78, 5) is 83.9. The highest BCUT2D eigenvalue weighted by Crippen LogP contribution is 2.35. The van der Waals surface area contributed by atoms with Crippen LogP contribution < -0.4 is 19.3 Å².